The van der Waals surface area contributed by atoms with E-state index in [1.807, 2.05) is 30.5 Å². The van der Waals surface area contributed by atoms with Gasteiger partial charge in [0, 0.05) is 49.6 Å². The number of aryl methyl sites for hydroxylation is 1. The number of fused-ring (bicyclic) bond motifs is 2. The van der Waals surface area contributed by atoms with Crippen LogP contribution in [-0.4, -0.2) is 50.3 Å². The number of aromatic amines is 1. The molecule has 2 N–H and O–H groups in total. The number of aromatic nitrogens is 5. The van der Waals surface area contributed by atoms with Crippen molar-refractivity contribution in [2.24, 2.45) is 0 Å². The van der Waals surface area contributed by atoms with Crippen LogP contribution < -0.4 is 10.2 Å². The normalized spacial score (nSPS) is 14.1. The topological polar surface area (TPSA) is 91.2 Å². The predicted octanol–water partition coefficient (Wildman–Crippen LogP) is 2.50. The maximum absolute atomic E-state index is 12.3. The summed E-state index contributed by atoms with van der Waals surface area (Å²) in [6.07, 6.45) is 6.09. The van der Waals surface area contributed by atoms with E-state index in [0.29, 0.717) is 25.0 Å². The third-order valence-corrected chi connectivity index (χ3v) is 5.71. The quantitative estimate of drug-likeness (QED) is 0.495. The zero-order valence-corrected chi connectivity index (χ0v) is 16.8. The lowest BCUT2D eigenvalue weighted by Gasteiger charge is -2.15. The van der Waals surface area contributed by atoms with Gasteiger partial charge in [0.25, 0.3) is 0 Å². The number of carbonyl (C=O) groups is 1. The molecule has 5 rings (SSSR count). The summed E-state index contributed by atoms with van der Waals surface area (Å²) in [6.45, 7) is 2.68. The van der Waals surface area contributed by atoms with Crippen LogP contribution >= 0.6 is 0 Å². The second kappa shape index (κ2) is 8.14. The molecule has 3 aromatic heterocycles. The van der Waals surface area contributed by atoms with Gasteiger partial charge in [-0.15, -0.1) is 15.3 Å². The average Bonchev–Trinajstić information content (AvgIpc) is 3.52. The lowest BCUT2D eigenvalue weighted by atomic mass is 10.1. The Hall–Kier alpha value is -3.42. The van der Waals surface area contributed by atoms with Crippen molar-refractivity contribution in [2.75, 3.05) is 24.5 Å². The number of nitrogens with zero attached hydrogens (tertiary/aromatic N) is 5. The highest BCUT2D eigenvalue weighted by atomic mass is 16.1. The van der Waals surface area contributed by atoms with Gasteiger partial charge in [-0.25, -0.2) is 0 Å². The van der Waals surface area contributed by atoms with Crippen LogP contribution in [0.5, 0.6) is 0 Å². The van der Waals surface area contributed by atoms with Gasteiger partial charge in [0.1, 0.15) is 5.82 Å². The number of nitrogens with one attached hydrogen (secondary N) is 2. The Kier molecular flexibility index (Phi) is 5.04. The van der Waals surface area contributed by atoms with Crippen LogP contribution in [0.4, 0.5) is 5.82 Å². The molecular weight excluding hydrogens is 378 g/mol. The van der Waals surface area contributed by atoms with Crippen molar-refractivity contribution in [3.05, 3.63) is 54.0 Å². The van der Waals surface area contributed by atoms with Crippen molar-refractivity contribution in [1.82, 2.24) is 30.1 Å². The summed E-state index contributed by atoms with van der Waals surface area (Å²) in [4.78, 5) is 17.9. The maximum atomic E-state index is 12.3. The molecule has 0 bridgehead atoms. The van der Waals surface area contributed by atoms with E-state index in [-0.39, 0.29) is 5.91 Å². The first-order valence-electron chi connectivity index (χ1n) is 10.6. The molecule has 1 aliphatic heterocycles. The fourth-order valence-electron chi connectivity index (χ4n) is 4.08. The van der Waals surface area contributed by atoms with Gasteiger partial charge in [0.15, 0.2) is 11.5 Å². The molecule has 0 saturated carbocycles. The number of amides is 1. The third kappa shape index (κ3) is 3.72. The molecule has 4 heterocycles. The van der Waals surface area contributed by atoms with Gasteiger partial charge in [-0.05, 0) is 43.0 Å². The summed E-state index contributed by atoms with van der Waals surface area (Å²) >= 11 is 0. The highest BCUT2D eigenvalue weighted by molar-refractivity contribution is 5.83. The molecule has 4 aromatic rings. The first kappa shape index (κ1) is 18.6. The Bertz CT molecular complexity index is 1170. The van der Waals surface area contributed by atoms with Crippen LogP contribution in [0.15, 0.2) is 42.6 Å². The Morgan fingerprint density at radius 2 is 1.93 bits per heavy atom. The fourth-order valence-corrected chi connectivity index (χ4v) is 4.08. The lowest BCUT2D eigenvalue weighted by molar-refractivity contribution is -0.121. The van der Waals surface area contributed by atoms with E-state index in [1.54, 1.807) is 4.52 Å². The van der Waals surface area contributed by atoms with Crippen LogP contribution in [0.2, 0.25) is 0 Å². The molecule has 1 amide bonds. The first-order chi connectivity index (χ1) is 14.8. The Morgan fingerprint density at radius 1 is 1.07 bits per heavy atom. The standard InChI is InChI=1S/C22H25N7O/c30-22(23-12-11-16-15-24-18-6-2-1-5-17(16)18)10-9-20-26-25-19-7-8-21(27-29(19)20)28-13-3-4-14-28/h1-2,5-8,15,24H,3-4,9-14H2,(H,23,30). The summed E-state index contributed by atoms with van der Waals surface area (Å²) in [7, 11) is 0. The SMILES string of the molecule is O=C(CCc1nnc2ccc(N3CCCC3)nn12)NCCc1c[nH]c2ccccc12. The number of benzene rings is 1. The molecule has 0 aliphatic carbocycles. The highest BCUT2D eigenvalue weighted by Crippen LogP contribution is 2.19. The molecule has 0 atom stereocenters. The minimum Gasteiger partial charge on any atom is -0.361 e. The lowest BCUT2D eigenvalue weighted by Crippen LogP contribution is -2.26. The molecule has 30 heavy (non-hydrogen) atoms. The van der Waals surface area contributed by atoms with Crippen molar-refractivity contribution < 1.29 is 4.79 Å². The van der Waals surface area contributed by atoms with Gasteiger partial charge in [-0.2, -0.15) is 4.52 Å². The molecule has 8 heteroatoms. The predicted molar refractivity (Wildman–Crippen MR) is 116 cm³/mol. The second-order valence-electron chi connectivity index (χ2n) is 7.73. The number of hydrogen-bond donors (Lipinski definition) is 2. The van der Waals surface area contributed by atoms with Gasteiger partial charge >= 0.3 is 0 Å². The number of hydrogen-bond acceptors (Lipinski definition) is 5. The van der Waals surface area contributed by atoms with Gasteiger partial charge < -0.3 is 15.2 Å². The molecule has 1 aliphatic rings. The summed E-state index contributed by atoms with van der Waals surface area (Å²) in [5, 5.41) is 17.3. The van der Waals surface area contributed by atoms with Crippen LogP contribution in [0, 0.1) is 0 Å². The second-order valence-corrected chi connectivity index (χ2v) is 7.73. The number of carbonyl (C=O) groups excluding carboxylic acids is 1. The van der Waals surface area contributed by atoms with Crippen LogP contribution in [0.1, 0.15) is 30.7 Å². The van der Waals surface area contributed by atoms with E-state index in [9.17, 15) is 4.79 Å². The molecular formula is C22H25N7O. The first-order valence-corrected chi connectivity index (χ1v) is 10.6. The van der Waals surface area contributed by atoms with Crippen molar-refractivity contribution >= 4 is 28.3 Å². The average molecular weight is 403 g/mol. The van der Waals surface area contributed by atoms with Crippen molar-refractivity contribution in [2.45, 2.75) is 32.1 Å². The summed E-state index contributed by atoms with van der Waals surface area (Å²) in [6, 6.07) is 12.1. The largest absolute Gasteiger partial charge is 0.361 e. The Balaban J connectivity index is 1.17. The summed E-state index contributed by atoms with van der Waals surface area (Å²) < 4.78 is 1.77. The third-order valence-electron chi connectivity index (χ3n) is 5.71. The van der Waals surface area contributed by atoms with Crippen LogP contribution in [-0.2, 0) is 17.6 Å². The zero-order valence-electron chi connectivity index (χ0n) is 16.8. The summed E-state index contributed by atoms with van der Waals surface area (Å²) in [5.41, 5.74) is 3.05. The molecule has 0 radical (unpaired) electrons. The molecule has 1 fully saturated rings. The zero-order chi connectivity index (χ0) is 20.3. The number of para-hydroxylation sites is 1. The highest BCUT2D eigenvalue weighted by Gasteiger charge is 2.16. The molecule has 0 unspecified atom stereocenters. The van der Waals surface area contributed by atoms with Gasteiger partial charge in [-0.3, -0.25) is 4.79 Å². The number of rotatable bonds is 7. The molecule has 0 spiro atoms. The minimum atomic E-state index is 0.0160. The molecule has 1 aromatic carbocycles. The van der Waals surface area contributed by atoms with Crippen molar-refractivity contribution in [3.63, 3.8) is 0 Å². The van der Waals surface area contributed by atoms with Crippen molar-refractivity contribution in [1.29, 1.82) is 0 Å². The number of H-pyrrole nitrogens is 1. The van der Waals surface area contributed by atoms with E-state index in [0.717, 1.165) is 36.7 Å². The Labute approximate surface area is 174 Å². The van der Waals surface area contributed by atoms with Gasteiger partial charge in [-0.1, -0.05) is 18.2 Å². The molecule has 8 nitrogen and oxygen atoms in total. The summed E-state index contributed by atoms with van der Waals surface area (Å²) in [5.74, 6) is 1.68. The monoisotopic (exact) mass is 403 g/mol. The Morgan fingerprint density at radius 3 is 2.83 bits per heavy atom. The minimum absolute atomic E-state index is 0.0160. The number of anilines is 1. The van der Waals surface area contributed by atoms with Crippen LogP contribution in [0.25, 0.3) is 16.6 Å². The van der Waals surface area contributed by atoms with E-state index in [1.165, 1.54) is 23.8 Å². The van der Waals surface area contributed by atoms with E-state index in [4.69, 9.17) is 5.10 Å². The smallest absolute Gasteiger partial charge is 0.220 e. The van der Waals surface area contributed by atoms with E-state index < -0.39 is 0 Å². The van der Waals surface area contributed by atoms with Gasteiger partial charge in [0.2, 0.25) is 5.91 Å². The molecule has 154 valence electrons. The van der Waals surface area contributed by atoms with E-state index >= 15 is 0 Å². The fraction of sp³-hybridized carbons (Fsp3) is 0.364. The van der Waals surface area contributed by atoms with Crippen molar-refractivity contribution in [3.8, 4) is 0 Å². The molecule has 1 saturated heterocycles. The maximum Gasteiger partial charge on any atom is 0.220 e. The van der Waals surface area contributed by atoms with E-state index in [2.05, 4.69) is 37.5 Å². The van der Waals surface area contributed by atoms with Gasteiger partial charge in [0.05, 0.1) is 0 Å². The van der Waals surface area contributed by atoms with Crippen LogP contribution in [0.3, 0.4) is 0 Å².